The number of ether oxygens (including phenoxy) is 1. The Balaban J connectivity index is 1.90. The number of fused-ring (bicyclic) bond motifs is 3. The number of nitrogens with two attached hydrogens (primary N) is 1. The van der Waals surface area contributed by atoms with Crippen molar-refractivity contribution in [2.45, 2.75) is 45.1 Å². The second kappa shape index (κ2) is 7.39. The zero-order chi connectivity index (χ0) is 17.1. The maximum Gasteiger partial charge on any atom is 0.302 e. The van der Waals surface area contributed by atoms with E-state index < -0.39 is 0 Å². The van der Waals surface area contributed by atoms with Crippen LogP contribution in [-0.4, -0.2) is 36.6 Å². The molecular formula is C20H28N2O2. The number of esters is 1. The van der Waals surface area contributed by atoms with Gasteiger partial charge in [0.2, 0.25) is 0 Å². The summed E-state index contributed by atoms with van der Waals surface area (Å²) in [4.78, 5) is 13.8. The standard InChI is InChI=1S/C20H28N2O2/c1-3-8-22-12-15(13-24-14(2)23)9-19-18-7-5-4-6-17(18)16(11-21)10-20(19)22/h4-7,11,15,19-20H,3,8-10,12-13,21H2,1-2H3/b16-11-. The summed E-state index contributed by atoms with van der Waals surface area (Å²) in [5, 5.41) is 0. The highest BCUT2D eigenvalue weighted by molar-refractivity contribution is 5.71. The Hall–Kier alpha value is -1.81. The summed E-state index contributed by atoms with van der Waals surface area (Å²) in [6, 6.07) is 9.14. The Morgan fingerprint density at radius 3 is 2.92 bits per heavy atom. The quantitative estimate of drug-likeness (QED) is 0.863. The maximum absolute atomic E-state index is 11.2. The first-order valence-corrected chi connectivity index (χ1v) is 9.01. The highest BCUT2D eigenvalue weighted by Gasteiger charge is 2.41. The molecule has 0 amide bonds. The van der Waals surface area contributed by atoms with Gasteiger partial charge in [-0.3, -0.25) is 9.69 Å². The van der Waals surface area contributed by atoms with Crippen molar-refractivity contribution >= 4 is 11.5 Å². The number of carbonyl (C=O) groups excluding carboxylic acids is 1. The molecule has 0 bridgehead atoms. The molecule has 1 aromatic rings. The van der Waals surface area contributed by atoms with Crippen LogP contribution in [0.3, 0.4) is 0 Å². The van der Waals surface area contributed by atoms with Crippen LogP contribution in [0.5, 0.6) is 0 Å². The van der Waals surface area contributed by atoms with E-state index in [1.54, 1.807) is 6.20 Å². The van der Waals surface area contributed by atoms with E-state index in [9.17, 15) is 4.79 Å². The molecule has 1 aliphatic carbocycles. The normalized spacial score (nSPS) is 28.2. The third-order valence-corrected chi connectivity index (χ3v) is 5.38. The van der Waals surface area contributed by atoms with Gasteiger partial charge in [-0.2, -0.15) is 0 Å². The largest absolute Gasteiger partial charge is 0.466 e. The van der Waals surface area contributed by atoms with E-state index >= 15 is 0 Å². The van der Waals surface area contributed by atoms with Gasteiger partial charge in [-0.05, 0) is 48.7 Å². The maximum atomic E-state index is 11.2. The van der Waals surface area contributed by atoms with E-state index in [2.05, 4.69) is 36.1 Å². The van der Waals surface area contributed by atoms with Crippen LogP contribution in [-0.2, 0) is 9.53 Å². The van der Waals surface area contributed by atoms with Crippen molar-refractivity contribution in [1.82, 2.24) is 4.90 Å². The summed E-state index contributed by atoms with van der Waals surface area (Å²) in [6.45, 7) is 6.32. The lowest BCUT2D eigenvalue weighted by Crippen LogP contribution is -2.50. The van der Waals surface area contributed by atoms with Crippen LogP contribution < -0.4 is 5.73 Å². The molecule has 3 rings (SSSR count). The van der Waals surface area contributed by atoms with E-state index in [0.29, 0.717) is 24.5 Å². The Bertz CT molecular complexity index is 626. The molecule has 24 heavy (non-hydrogen) atoms. The van der Waals surface area contributed by atoms with Crippen molar-refractivity contribution in [3.05, 3.63) is 41.6 Å². The molecule has 4 heteroatoms. The Morgan fingerprint density at radius 2 is 2.21 bits per heavy atom. The summed E-state index contributed by atoms with van der Waals surface area (Å²) in [7, 11) is 0. The summed E-state index contributed by atoms with van der Waals surface area (Å²) in [6.07, 6.45) is 5.00. The molecular weight excluding hydrogens is 300 g/mol. The van der Waals surface area contributed by atoms with Gasteiger partial charge in [0.25, 0.3) is 0 Å². The van der Waals surface area contributed by atoms with Crippen molar-refractivity contribution in [3.63, 3.8) is 0 Å². The summed E-state index contributed by atoms with van der Waals surface area (Å²) < 4.78 is 5.32. The van der Waals surface area contributed by atoms with E-state index in [0.717, 1.165) is 32.4 Å². The van der Waals surface area contributed by atoms with Crippen LogP contribution in [0.25, 0.3) is 5.57 Å². The molecule has 0 spiro atoms. The average Bonchev–Trinajstić information content (AvgIpc) is 2.59. The topological polar surface area (TPSA) is 55.6 Å². The van der Waals surface area contributed by atoms with E-state index in [1.807, 2.05) is 0 Å². The number of likely N-dealkylation sites (tertiary alicyclic amines) is 1. The zero-order valence-corrected chi connectivity index (χ0v) is 14.7. The molecule has 2 aliphatic rings. The van der Waals surface area contributed by atoms with Crippen LogP contribution in [0.2, 0.25) is 0 Å². The lowest BCUT2D eigenvalue weighted by atomic mass is 9.70. The summed E-state index contributed by atoms with van der Waals surface area (Å²) >= 11 is 0. The molecule has 1 aromatic carbocycles. The SMILES string of the molecule is CCCN1CC(COC(C)=O)CC2c3ccccc3/C(=C\N)CC21. The first-order chi connectivity index (χ1) is 11.6. The van der Waals surface area contributed by atoms with Crippen molar-refractivity contribution in [2.75, 3.05) is 19.7 Å². The fourth-order valence-electron chi connectivity index (χ4n) is 4.42. The summed E-state index contributed by atoms with van der Waals surface area (Å²) in [5.41, 5.74) is 9.88. The molecule has 0 saturated carbocycles. The van der Waals surface area contributed by atoms with Crippen LogP contribution in [0.4, 0.5) is 0 Å². The van der Waals surface area contributed by atoms with E-state index in [1.165, 1.54) is 23.6 Å². The summed E-state index contributed by atoms with van der Waals surface area (Å²) in [5.74, 6) is 0.709. The third kappa shape index (κ3) is 3.34. The van der Waals surface area contributed by atoms with E-state index in [-0.39, 0.29) is 5.97 Å². The Kier molecular flexibility index (Phi) is 5.24. The van der Waals surface area contributed by atoms with Gasteiger partial charge in [0, 0.05) is 31.3 Å². The zero-order valence-electron chi connectivity index (χ0n) is 14.7. The molecule has 0 aromatic heterocycles. The number of carbonyl (C=O) groups is 1. The van der Waals surface area contributed by atoms with Gasteiger partial charge in [0.1, 0.15) is 0 Å². The number of hydrogen-bond donors (Lipinski definition) is 1. The van der Waals surface area contributed by atoms with Crippen molar-refractivity contribution in [3.8, 4) is 0 Å². The molecule has 0 radical (unpaired) electrons. The van der Waals surface area contributed by atoms with Gasteiger partial charge < -0.3 is 10.5 Å². The van der Waals surface area contributed by atoms with Gasteiger partial charge in [0.05, 0.1) is 6.61 Å². The number of rotatable bonds is 4. The van der Waals surface area contributed by atoms with Crippen LogP contribution in [0.15, 0.2) is 30.5 Å². The number of nitrogens with zero attached hydrogens (tertiary/aromatic N) is 1. The molecule has 1 heterocycles. The average molecular weight is 328 g/mol. The highest BCUT2D eigenvalue weighted by atomic mass is 16.5. The van der Waals surface area contributed by atoms with Crippen LogP contribution >= 0.6 is 0 Å². The Morgan fingerprint density at radius 1 is 1.42 bits per heavy atom. The fraction of sp³-hybridized carbons (Fsp3) is 0.550. The van der Waals surface area contributed by atoms with E-state index in [4.69, 9.17) is 10.5 Å². The number of piperidine rings is 1. The fourth-order valence-corrected chi connectivity index (χ4v) is 4.42. The van der Waals surface area contributed by atoms with Gasteiger partial charge in [-0.15, -0.1) is 0 Å². The van der Waals surface area contributed by atoms with Crippen LogP contribution in [0, 0.1) is 5.92 Å². The second-order valence-electron chi connectivity index (χ2n) is 7.06. The highest BCUT2D eigenvalue weighted by Crippen LogP contribution is 2.46. The first kappa shape index (κ1) is 17.0. The lowest BCUT2D eigenvalue weighted by molar-refractivity contribution is -0.143. The Labute approximate surface area is 144 Å². The van der Waals surface area contributed by atoms with Gasteiger partial charge in [-0.25, -0.2) is 0 Å². The molecule has 1 aliphatic heterocycles. The second-order valence-corrected chi connectivity index (χ2v) is 7.06. The molecule has 4 nitrogen and oxygen atoms in total. The molecule has 1 fully saturated rings. The predicted molar refractivity (Wildman–Crippen MR) is 96.4 cm³/mol. The van der Waals surface area contributed by atoms with Crippen molar-refractivity contribution < 1.29 is 9.53 Å². The van der Waals surface area contributed by atoms with Crippen molar-refractivity contribution in [1.29, 1.82) is 0 Å². The molecule has 130 valence electrons. The monoisotopic (exact) mass is 328 g/mol. The number of hydrogen-bond acceptors (Lipinski definition) is 4. The van der Waals surface area contributed by atoms with Gasteiger partial charge in [0.15, 0.2) is 0 Å². The van der Waals surface area contributed by atoms with Crippen LogP contribution in [0.1, 0.15) is 50.2 Å². The van der Waals surface area contributed by atoms with Gasteiger partial charge in [-0.1, -0.05) is 31.2 Å². The third-order valence-electron chi connectivity index (χ3n) is 5.38. The molecule has 3 atom stereocenters. The minimum atomic E-state index is -0.184. The molecule has 2 N–H and O–H groups in total. The molecule has 1 saturated heterocycles. The predicted octanol–water partition coefficient (Wildman–Crippen LogP) is 3.14. The lowest BCUT2D eigenvalue weighted by Gasteiger charge is -2.48. The van der Waals surface area contributed by atoms with Gasteiger partial charge >= 0.3 is 5.97 Å². The minimum Gasteiger partial charge on any atom is -0.466 e. The van der Waals surface area contributed by atoms with Crippen molar-refractivity contribution in [2.24, 2.45) is 11.7 Å². The first-order valence-electron chi connectivity index (χ1n) is 9.01. The smallest absolute Gasteiger partial charge is 0.302 e. The minimum absolute atomic E-state index is 0.184. The number of benzene rings is 1. The molecule has 3 unspecified atom stereocenters.